The summed E-state index contributed by atoms with van der Waals surface area (Å²) < 4.78 is 0. The van der Waals surface area contributed by atoms with Crippen molar-refractivity contribution in [3.8, 4) is 0 Å². The lowest BCUT2D eigenvalue weighted by atomic mass is 10.2. The summed E-state index contributed by atoms with van der Waals surface area (Å²) in [6, 6.07) is 3.88. The summed E-state index contributed by atoms with van der Waals surface area (Å²) in [5.74, 6) is 0. The van der Waals surface area contributed by atoms with Crippen LogP contribution in [0.4, 0.5) is 0 Å². The summed E-state index contributed by atoms with van der Waals surface area (Å²) in [5, 5.41) is 3.29. The van der Waals surface area contributed by atoms with Crippen LogP contribution >= 0.6 is 0 Å². The van der Waals surface area contributed by atoms with Crippen molar-refractivity contribution in [2.75, 3.05) is 6.54 Å². The fourth-order valence-electron chi connectivity index (χ4n) is 1.24. The molecule has 0 spiro atoms. The molecule has 0 saturated carbocycles. The molecule has 14 heavy (non-hydrogen) atoms. The molecule has 0 fully saturated rings. The van der Waals surface area contributed by atoms with E-state index in [2.05, 4.69) is 17.2 Å². The van der Waals surface area contributed by atoms with Gasteiger partial charge in [-0.1, -0.05) is 0 Å². The fourth-order valence-corrected chi connectivity index (χ4v) is 1.24. The topological polar surface area (TPSA) is 70.9 Å². The average molecular weight is 195 g/mol. The largest absolute Gasteiger partial charge is 0.330 e. The van der Waals surface area contributed by atoms with Crippen LogP contribution in [0.5, 0.6) is 0 Å². The lowest BCUT2D eigenvalue weighted by Crippen LogP contribution is -2.28. The molecule has 0 aliphatic rings. The summed E-state index contributed by atoms with van der Waals surface area (Å²) in [6.45, 7) is 3.48. The zero-order valence-corrected chi connectivity index (χ0v) is 8.42. The van der Waals surface area contributed by atoms with Gasteiger partial charge in [-0.05, 0) is 31.5 Å². The monoisotopic (exact) mass is 195 g/mol. The van der Waals surface area contributed by atoms with Gasteiger partial charge in [0.05, 0.1) is 0 Å². The molecule has 0 aromatic carbocycles. The van der Waals surface area contributed by atoms with Crippen molar-refractivity contribution in [1.29, 1.82) is 0 Å². The first-order valence-corrected chi connectivity index (χ1v) is 4.83. The van der Waals surface area contributed by atoms with Crippen molar-refractivity contribution >= 4 is 0 Å². The third-order valence-corrected chi connectivity index (χ3v) is 2.09. The van der Waals surface area contributed by atoms with Gasteiger partial charge in [0.15, 0.2) is 0 Å². The van der Waals surface area contributed by atoms with Crippen molar-refractivity contribution in [1.82, 2.24) is 10.3 Å². The number of nitrogens with two attached hydrogens (primary N) is 1. The molecule has 4 N–H and O–H groups in total. The number of hydrogen-bond donors (Lipinski definition) is 3. The van der Waals surface area contributed by atoms with E-state index in [1.807, 2.05) is 6.07 Å². The average Bonchev–Trinajstić information content (AvgIpc) is 2.15. The van der Waals surface area contributed by atoms with E-state index in [-0.39, 0.29) is 5.56 Å². The predicted molar refractivity (Wildman–Crippen MR) is 57.0 cm³/mol. The molecule has 1 atom stereocenters. The second kappa shape index (κ2) is 5.57. The van der Waals surface area contributed by atoms with Crippen molar-refractivity contribution < 1.29 is 0 Å². The van der Waals surface area contributed by atoms with Crippen LogP contribution < -0.4 is 16.6 Å². The Labute approximate surface area is 83.5 Å². The fraction of sp³-hybridized carbons (Fsp3) is 0.500. The first-order chi connectivity index (χ1) is 6.72. The van der Waals surface area contributed by atoms with Gasteiger partial charge in [0.2, 0.25) is 5.56 Å². The van der Waals surface area contributed by atoms with Crippen LogP contribution in [0.2, 0.25) is 0 Å². The van der Waals surface area contributed by atoms with Gasteiger partial charge in [-0.15, -0.1) is 0 Å². The maximum Gasteiger partial charge on any atom is 0.248 e. The minimum Gasteiger partial charge on any atom is -0.330 e. The summed E-state index contributed by atoms with van der Waals surface area (Å²) in [6.07, 6.45) is 2.61. The second-order valence-electron chi connectivity index (χ2n) is 3.42. The second-order valence-corrected chi connectivity index (χ2v) is 3.42. The number of hydrogen-bond acceptors (Lipinski definition) is 3. The maximum absolute atomic E-state index is 11.0. The van der Waals surface area contributed by atoms with Gasteiger partial charge >= 0.3 is 0 Å². The summed E-state index contributed by atoms with van der Waals surface area (Å²) in [4.78, 5) is 13.5. The molecule has 1 unspecified atom stereocenters. The number of H-pyrrole nitrogens is 1. The first kappa shape index (κ1) is 10.9. The Balaban J connectivity index is 2.41. The van der Waals surface area contributed by atoms with E-state index in [0.29, 0.717) is 19.1 Å². The van der Waals surface area contributed by atoms with Gasteiger partial charge in [-0.3, -0.25) is 4.79 Å². The SMILES string of the molecule is CC(CCN)NCc1cc[nH]c(=O)c1. The van der Waals surface area contributed by atoms with E-state index < -0.39 is 0 Å². The number of rotatable bonds is 5. The molecule has 0 radical (unpaired) electrons. The molecular weight excluding hydrogens is 178 g/mol. The molecule has 0 saturated heterocycles. The Morgan fingerprint density at radius 3 is 3.07 bits per heavy atom. The molecule has 0 aliphatic carbocycles. The normalized spacial score (nSPS) is 12.7. The molecule has 4 heteroatoms. The number of aromatic amines is 1. The van der Waals surface area contributed by atoms with Crippen molar-refractivity contribution in [2.24, 2.45) is 5.73 Å². The number of nitrogens with one attached hydrogen (secondary N) is 2. The molecule has 1 aromatic rings. The molecule has 78 valence electrons. The zero-order valence-electron chi connectivity index (χ0n) is 8.42. The highest BCUT2D eigenvalue weighted by atomic mass is 16.1. The third-order valence-electron chi connectivity index (χ3n) is 2.09. The molecule has 0 aliphatic heterocycles. The van der Waals surface area contributed by atoms with Gasteiger partial charge in [-0.25, -0.2) is 0 Å². The van der Waals surface area contributed by atoms with Gasteiger partial charge in [0, 0.05) is 24.8 Å². The van der Waals surface area contributed by atoms with Gasteiger partial charge < -0.3 is 16.0 Å². The van der Waals surface area contributed by atoms with Crippen LogP contribution in [0.1, 0.15) is 18.9 Å². The van der Waals surface area contributed by atoms with Crippen LogP contribution in [0.25, 0.3) is 0 Å². The highest BCUT2D eigenvalue weighted by Gasteiger charge is 1.99. The van der Waals surface area contributed by atoms with E-state index in [1.165, 1.54) is 0 Å². The van der Waals surface area contributed by atoms with E-state index in [9.17, 15) is 4.79 Å². The Morgan fingerprint density at radius 1 is 1.64 bits per heavy atom. The van der Waals surface area contributed by atoms with Crippen LogP contribution in [0, 0.1) is 0 Å². The summed E-state index contributed by atoms with van der Waals surface area (Å²) in [5.41, 5.74) is 6.37. The van der Waals surface area contributed by atoms with Crippen molar-refractivity contribution in [3.05, 3.63) is 34.2 Å². The van der Waals surface area contributed by atoms with Crippen LogP contribution in [0.3, 0.4) is 0 Å². The van der Waals surface area contributed by atoms with Gasteiger partial charge in [0.25, 0.3) is 0 Å². The van der Waals surface area contributed by atoms with E-state index in [1.54, 1.807) is 12.3 Å². The molecule has 0 bridgehead atoms. The lowest BCUT2D eigenvalue weighted by Gasteiger charge is -2.11. The van der Waals surface area contributed by atoms with E-state index >= 15 is 0 Å². The maximum atomic E-state index is 11.0. The van der Waals surface area contributed by atoms with Crippen LogP contribution in [0.15, 0.2) is 23.1 Å². The molecule has 0 amide bonds. The standard InChI is InChI=1S/C10H17N3O/c1-8(2-4-11)13-7-9-3-5-12-10(14)6-9/h3,5-6,8,13H,2,4,7,11H2,1H3,(H,12,14). The van der Waals surface area contributed by atoms with Gasteiger partial charge in [-0.2, -0.15) is 0 Å². The molecule has 4 nitrogen and oxygen atoms in total. The summed E-state index contributed by atoms with van der Waals surface area (Å²) in [7, 11) is 0. The predicted octanol–water partition coefficient (Wildman–Crippen LogP) is 0.202. The molecule has 1 heterocycles. The van der Waals surface area contributed by atoms with E-state index in [0.717, 1.165) is 12.0 Å². The Hall–Kier alpha value is -1.13. The molecule has 1 aromatic heterocycles. The van der Waals surface area contributed by atoms with E-state index in [4.69, 9.17) is 5.73 Å². The third kappa shape index (κ3) is 3.72. The minimum atomic E-state index is -0.0595. The van der Waals surface area contributed by atoms with Crippen LogP contribution in [-0.4, -0.2) is 17.6 Å². The summed E-state index contributed by atoms with van der Waals surface area (Å²) >= 11 is 0. The lowest BCUT2D eigenvalue weighted by molar-refractivity contribution is 0.519. The highest BCUT2D eigenvalue weighted by Crippen LogP contribution is 1.95. The first-order valence-electron chi connectivity index (χ1n) is 4.83. The Bertz CT molecular complexity index is 321. The quantitative estimate of drug-likeness (QED) is 0.628. The van der Waals surface area contributed by atoms with Gasteiger partial charge in [0.1, 0.15) is 0 Å². The number of aromatic nitrogens is 1. The smallest absolute Gasteiger partial charge is 0.248 e. The zero-order chi connectivity index (χ0) is 10.4. The van der Waals surface area contributed by atoms with Crippen molar-refractivity contribution in [2.45, 2.75) is 25.9 Å². The minimum absolute atomic E-state index is 0.0595. The highest BCUT2D eigenvalue weighted by molar-refractivity contribution is 5.09. The van der Waals surface area contributed by atoms with Crippen LogP contribution in [-0.2, 0) is 6.54 Å². The molecule has 1 rings (SSSR count). The molecular formula is C10H17N3O. The van der Waals surface area contributed by atoms with Crippen molar-refractivity contribution in [3.63, 3.8) is 0 Å². The Morgan fingerprint density at radius 2 is 2.43 bits per heavy atom. The number of pyridine rings is 1. The Kier molecular flexibility index (Phi) is 4.35.